The maximum Gasteiger partial charge on any atom is 0.326 e. The highest BCUT2D eigenvalue weighted by molar-refractivity contribution is 7.16. The number of ether oxygens (including phenoxy) is 2. The number of nitrogens with zero attached hydrogens (tertiary/aromatic N) is 2. The Morgan fingerprint density at radius 2 is 1.73 bits per heavy atom. The van der Waals surface area contributed by atoms with Crippen LogP contribution in [0.3, 0.4) is 0 Å². The number of benzene rings is 2. The molecule has 4 rings (SSSR count). The van der Waals surface area contributed by atoms with E-state index in [2.05, 4.69) is 10.3 Å². The molecule has 0 aliphatic heterocycles. The van der Waals surface area contributed by atoms with Crippen molar-refractivity contribution in [2.24, 2.45) is 0 Å². The summed E-state index contributed by atoms with van der Waals surface area (Å²) in [5.74, 6) is -1.27. The van der Waals surface area contributed by atoms with Crippen LogP contribution in [-0.2, 0) is 25.6 Å². The molecule has 0 bridgehead atoms. The lowest BCUT2D eigenvalue weighted by atomic mass is 10.1. The first-order valence-electron chi connectivity index (χ1n) is 11.9. The van der Waals surface area contributed by atoms with Crippen molar-refractivity contribution in [3.8, 4) is 11.3 Å². The van der Waals surface area contributed by atoms with Gasteiger partial charge in [0.05, 0.1) is 10.6 Å². The SMILES string of the molecule is CC(=O)OC(C)c1sc(NC(=O)c2cc3ccccc3n2CC(=O)OC(C)(C)C)nc1-c1ccccc1. The first-order chi connectivity index (χ1) is 17.5. The lowest BCUT2D eigenvalue weighted by Crippen LogP contribution is -2.28. The molecule has 1 amide bonds. The zero-order valence-corrected chi connectivity index (χ0v) is 22.2. The molecule has 0 spiro atoms. The summed E-state index contributed by atoms with van der Waals surface area (Å²) in [6, 6.07) is 18.7. The van der Waals surface area contributed by atoms with Crippen LogP contribution in [0.5, 0.6) is 0 Å². The minimum absolute atomic E-state index is 0.116. The molecule has 8 nitrogen and oxygen atoms in total. The predicted molar refractivity (Wildman–Crippen MR) is 143 cm³/mol. The number of fused-ring (bicyclic) bond motifs is 1. The van der Waals surface area contributed by atoms with Crippen LogP contribution in [0.1, 0.15) is 56.1 Å². The van der Waals surface area contributed by atoms with Crippen LogP contribution in [0.15, 0.2) is 60.7 Å². The molecule has 2 aromatic heterocycles. The summed E-state index contributed by atoms with van der Waals surface area (Å²) in [7, 11) is 0. The zero-order valence-electron chi connectivity index (χ0n) is 21.4. The predicted octanol–water partition coefficient (Wildman–Crippen LogP) is 5.98. The van der Waals surface area contributed by atoms with Crippen LogP contribution < -0.4 is 5.32 Å². The van der Waals surface area contributed by atoms with E-state index in [0.717, 1.165) is 16.5 Å². The maximum absolute atomic E-state index is 13.5. The Kier molecular flexibility index (Phi) is 7.45. The van der Waals surface area contributed by atoms with Crippen molar-refractivity contribution in [1.29, 1.82) is 0 Å². The average molecular weight is 520 g/mol. The summed E-state index contributed by atoms with van der Waals surface area (Å²) in [5, 5.41) is 4.05. The van der Waals surface area contributed by atoms with Crippen LogP contribution in [0.4, 0.5) is 5.13 Å². The van der Waals surface area contributed by atoms with Gasteiger partial charge in [0.25, 0.3) is 5.91 Å². The van der Waals surface area contributed by atoms with E-state index in [1.165, 1.54) is 18.3 Å². The molecule has 37 heavy (non-hydrogen) atoms. The van der Waals surface area contributed by atoms with Crippen molar-refractivity contribution < 1.29 is 23.9 Å². The van der Waals surface area contributed by atoms with Gasteiger partial charge in [0.2, 0.25) is 0 Å². The Balaban J connectivity index is 1.68. The summed E-state index contributed by atoms with van der Waals surface area (Å²) in [6.07, 6.45) is -0.547. The number of hydrogen-bond acceptors (Lipinski definition) is 7. The van der Waals surface area contributed by atoms with Gasteiger partial charge in [-0.3, -0.25) is 19.7 Å². The quantitative estimate of drug-likeness (QED) is 0.302. The number of thiazole rings is 1. The third kappa shape index (κ3) is 6.24. The molecule has 0 aliphatic carbocycles. The van der Waals surface area contributed by atoms with Gasteiger partial charge >= 0.3 is 11.9 Å². The largest absolute Gasteiger partial charge is 0.459 e. The molecule has 0 fully saturated rings. The van der Waals surface area contributed by atoms with Crippen molar-refractivity contribution in [3.05, 3.63) is 71.2 Å². The second-order valence-corrected chi connectivity index (χ2v) is 10.6. The van der Waals surface area contributed by atoms with E-state index in [1.54, 1.807) is 38.3 Å². The highest BCUT2D eigenvalue weighted by Gasteiger charge is 2.24. The Hall–Kier alpha value is -3.98. The molecular weight excluding hydrogens is 490 g/mol. The van der Waals surface area contributed by atoms with Crippen LogP contribution in [0.25, 0.3) is 22.2 Å². The zero-order chi connectivity index (χ0) is 26.7. The van der Waals surface area contributed by atoms with Gasteiger partial charge in [0, 0.05) is 23.4 Å². The summed E-state index contributed by atoms with van der Waals surface area (Å²) in [6.45, 7) is 8.40. The van der Waals surface area contributed by atoms with E-state index in [1.807, 2.05) is 54.6 Å². The minimum atomic E-state index is -0.647. The first kappa shape index (κ1) is 26.1. The minimum Gasteiger partial charge on any atom is -0.459 e. The summed E-state index contributed by atoms with van der Waals surface area (Å²) in [5.41, 5.74) is 1.87. The first-order valence-corrected chi connectivity index (χ1v) is 12.7. The van der Waals surface area contributed by atoms with Crippen molar-refractivity contribution in [2.45, 2.75) is 52.9 Å². The molecule has 0 saturated carbocycles. The molecule has 1 atom stereocenters. The van der Waals surface area contributed by atoms with Crippen LogP contribution in [0, 0.1) is 0 Å². The van der Waals surface area contributed by atoms with Crippen LogP contribution in [0.2, 0.25) is 0 Å². The molecular formula is C28H29N3O5S. The van der Waals surface area contributed by atoms with Crippen molar-refractivity contribution in [3.63, 3.8) is 0 Å². The molecule has 1 unspecified atom stereocenters. The molecule has 1 N–H and O–H groups in total. The number of nitrogens with one attached hydrogen (secondary N) is 1. The number of amides is 1. The third-order valence-electron chi connectivity index (χ3n) is 5.38. The van der Waals surface area contributed by atoms with Gasteiger partial charge in [-0.15, -0.1) is 0 Å². The van der Waals surface area contributed by atoms with Crippen molar-refractivity contribution in [2.75, 3.05) is 5.32 Å². The number of para-hydroxylation sites is 1. The Morgan fingerprint density at radius 3 is 2.41 bits per heavy atom. The lowest BCUT2D eigenvalue weighted by Gasteiger charge is -2.20. The van der Waals surface area contributed by atoms with Crippen molar-refractivity contribution in [1.82, 2.24) is 9.55 Å². The molecule has 9 heteroatoms. The van der Waals surface area contributed by atoms with Gasteiger partial charge in [-0.2, -0.15) is 0 Å². The van der Waals surface area contributed by atoms with Gasteiger partial charge in [-0.1, -0.05) is 59.9 Å². The van der Waals surface area contributed by atoms with Gasteiger partial charge in [0.1, 0.15) is 23.9 Å². The number of esters is 2. The van der Waals surface area contributed by atoms with E-state index >= 15 is 0 Å². The Labute approximate surface area is 219 Å². The van der Waals surface area contributed by atoms with Gasteiger partial charge < -0.3 is 14.0 Å². The highest BCUT2D eigenvalue weighted by Crippen LogP contribution is 2.37. The molecule has 0 aliphatic rings. The normalized spacial score (nSPS) is 12.2. The number of anilines is 1. The number of rotatable bonds is 7. The van der Waals surface area contributed by atoms with Gasteiger partial charge in [-0.05, 0) is 39.8 Å². The number of aromatic nitrogens is 2. The summed E-state index contributed by atoms with van der Waals surface area (Å²) >= 11 is 1.24. The van der Waals surface area contributed by atoms with Gasteiger partial charge in [0.15, 0.2) is 5.13 Å². The molecule has 192 valence electrons. The number of carbonyl (C=O) groups excluding carboxylic acids is 3. The van der Waals surface area contributed by atoms with E-state index < -0.39 is 29.6 Å². The van der Waals surface area contributed by atoms with E-state index in [9.17, 15) is 14.4 Å². The lowest BCUT2D eigenvalue weighted by molar-refractivity contribution is -0.155. The fourth-order valence-electron chi connectivity index (χ4n) is 4.00. The number of hydrogen-bond donors (Lipinski definition) is 1. The Bertz CT molecular complexity index is 1450. The topological polar surface area (TPSA) is 99.5 Å². The second-order valence-electron chi connectivity index (χ2n) is 9.56. The monoisotopic (exact) mass is 519 g/mol. The van der Waals surface area contributed by atoms with E-state index in [0.29, 0.717) is 21.4 Å². The average Bonchev–Trinajstić information content (AvgIpc) is 3.40. The number of carbonyl (C=O) groups is 3. The summed E-state index contributed by atoms with van der Waals surface area (Å²) < 4.78 is 12.5. The molecule has 2 aromatic carbocycles. The van der Waals surface area contributed by atoms with Crippen molar-refractivity contribution >= 4 is 45.2 Å². The molecule has 4 aromatic rings. The maximum atomic E-state index is 13.5. The molecule has 0 saturated heterocycles. The fraction of sp³-hybridized carbons (Fsp3) is 0.286. The van der Waals surface area contributed by atoms with Crippen LogP contribution in [-0.4, -0.2) is 33.0 Å². The standard InChI is InChI=1S/C28H29N3O5S/c1-17(35-18(2)32)25-24(19-11-7-6-8-12-19)29-27(37-25)30-26(34)22-15-20-13-9-10-14-21(20)31(22)16-23(33)36-28(3,4)5/h6-15,17H,16H2,1-5H3,(H,29,30,34). The fourth-order valence-corrected chi connectivity index (χ4v) is 4.96. The van der Waals surface area contributed by atoms with E-state index in [-0.39, 0.29) is 6.54 Å². The highest BCUT2D eigenvalue weighted by atomic mass is 32.1. The Morgan fingerprint density at radius 1 is 1.05 bits per heavy atom. The van der Waals surface area contributed by atoms with Crippen LogP contribution >= 0.6 is 11.3 Å². The molecule has 2 heterocycles. The molecule has 0 radical (unpaired) electrons. The summed E-state index contributed by atoms with van der Waals surface area (Å²) in [4.78, 5) is 43.1. The van der Waals surface area contributed by atoms with Gasteiger partial charge in [-0.25, -0.2) is 4.98 Å². The van der Waals surface area contributed by atoms with E-state index in [4.69, 9.17) is 9.47 Å². The third-order valence-corrected chi connectivity index (χ3v) is 6.52. The smallest absolute Gasteiger partial charge is 0.326 e. The second kappa shape index (κ2) is 10.6.